The molecule has 1 saturated heterocycles. The second-order valence-electron chi connectivity index (χ2n) is 6.60. The lowest BCUT2D eigenvalue weighted by Gasteiger charge is -2.49. The SMILES string of the molecule is CCSCCN1CC(C2CC2)NCC1(C)C1CC1. The molecular weight excluding hydrogens is 240 g/mol. The first kappa shape index (κ1) is 13.3. The van der Waals surface area contributed by atoms with Crippen molar-refractivity contribution in [2.24, 2.45) is 11.8 Å². The molecule has 0 radical (unpaired) electrons. The van der Waals surface area contributed by atoms with Crippen LogP contribution in [0.3, 0.4) is 0 Å². The van der Waals surface area contributed by atoms with Crippen molar-refractivity contribution in [2.75, 3.05) is 31.1 Å². The van der Waals surface area contributed by atoms with E-state index in [4.69, 9.17) is 0 Å². The minimum atomic E-state index is 0.458. The molecule has 1 aliphatic heterocycles. The molecule has 18 heavy (non-hydrogen) atoms. The van der Waals surface area contributed by atoms with Crippen molar-refractivity contribution < 1.29 is 0 Å². The van der Waals surface area contributed by atoms with E-state index in [0.29, 0.717) is 5.54 Å². The zero-order chi connectivity index (χ0) is 12.6. The van der Waals surface area contributed by atoms with Gasteiger partial charge in [0.25, 0.3) is 0 Å². The monoisotopic (exact) mass is 268 g/mol. The predicted molar refractivity (Wildman–Crippen MR) is 80.2 cm³/mol. The molecule has 1 heterocycles. The second kappa shape index (κ2) is 5.34. The topological polar surface area (TPSA) is 15.3 Å². The summed E-state index contributed by atoms with van der Waals surface area (Å²) in [4.78, 5) is 2.84. The zero-order valence-electron chi connectivity index (χ0n) is 12.0. The maximum absolute atomic E-state index is 3.86. The summed E-state index contributed by atoms with van der Waals surface area (Å²) in [6.45, 7) is 8.63. The Morgan fingerprint density at radius 1 is 1.28 bits per heavy atom. The van der Waals surface area contributed by atoms with Gasteiger partial charge in [0.15, 0.2) is 0 Å². The summed E-state index contributed by atoms with van der Waals surface area (Å²) >= 11 is 2.10. The molecular formula is C15H28N2S. The largest absolute Gasteiger partial charge is 0.311 e. The fourth-order valence-corrected chi connectivity index (χ4v) is 4.19. The Kier molecular flexibility index (Phi) is 3.93. The first-order valence-electron chi connectivity index (χ1n) is 7.80. The molecule has 0 aromatic heterocycles. The highest BCUT2D eigenvalue weighted by molar-refractivity contribution is 7.99. The molecule has 1 N–H and O–H groups in total. The summed E-state index contributed by atoms with van der Waals surface area (Å²) in [7, 11) is 0. The summed E-state index contributed by atoms with van der Waals surface area (Å²) in [6.07, 6.45) is 5.86. The Morgan fingerprint density at radius 3 is 2.67 bits per heavy atom. The third-order valence-corrected chi connectivity index (χ3v) is 6.10. The number of hydrogen-bond donors (Lipinski definition) is 1. The van der Waals surface area contributed by atoms with E-state index in [-0.39, 0.29) is 0 Å². The number of hydrogen-bond acceptors (Lipinski definition) is 3. The quantitative estimate of drug-likeness (QED) is 0.746. The summed E-state index contributed by atoms with van der Waals surface area (Å²) in [6, 6.07) is 0.795. The van der Waals surface area contributed by atoms with Gasteiger partial charge in [0, 0.05) is 37.0 Å². The van der Waals surface area contributed by atoms with Crippen LogP contribution in [0.1, 0.15) is 39.5 Å². The lowest BCUT2D eigenvalue weighted by molar-refractivity contribution is 0.0363. The van der Waals surface area contributed by atoms with Crippen molar-refractivity contribution in [1.29, 1.82) is 0 Å². The number of rotatable bonds is 6. The highest BCUT2D eigenvalue weighted by Gasteiger charge is 2.49. The summed E-state index contributed by atoms with van der Waals surface area (Å²) < 4.78 is 0. The van der Waals surface area contributed by atoms with Gasteiger partial charge in [0.05, 0.1) is 0 Å². The van der Waals surface area contributed by atoms with Gasteiger partial charge in [-0.1, -0.05) is 6.92 Å². The van der Waals surface area contributed by atoms with Gasteiger partial charge in [-0.3, -0.25) is 4.90 Å². The van der Waals surface area contributed by atoms with Crippen LogP contribution in [0, 0.1) is 11.8 Å². The molecule has 0 aromatic rings. The molecule has 0 spiro atoms. The number of nitrogens with zero attached hydrogens (tertiary/aromatic N) is 1. The predicted octanol–water partition coefficient (Wildman–Crippen LogP) is 2.59. The lowest BCUT2D eigenvalue weighted by atomic mass is 9.89. The third-order valence-electron chi connectivity index (χ3n) is 5.22. The van der Waals surface area contributed by atoms with E-state index in [2.05, 4.69) is 35.8 Å². The van der Waals surface area contributed by atoms with Gasteiger partial charge in [-0.2, -0.15) is 11.8 Å². The Morgan fingerprint density at radius 2 is 2.06 bits per heavy atom. The molecule has 3 fully saturated rings. The Bertz CT molecular complexity index is 288. The van der Waals surface area contributed by atoms with Crippen molar-refractivity contribution in [1.82, 2.24) is 10.2 Å². The second-order valence-corrected chi connectivity index (χ2v) is 7.99. The molecule has 2 aliphatic carbocycles. The van der Waals surface area contributed by atoms with Crippen molar-refractivity contribution in [3.63, 3.8) is 0 Å². The summed E-state index contributed by atoms with van der Waals surface area (Å²) in [5.41, 5.74) is 0.458. The highest BCUT2D eigenvalue weighted by Crippen LogP contribution is 2.45. The van der Waals surface area contributed by atoms with Crippen molar-refractivity contribution in [3.05, 3.63) is 0 Å². The molecule has 2 saturated carbocycles. The lowest BCUT2D eigenvalue weighted by Crippen LogP contribution is -2.65. The smallest absolute Gasteiger partial charge is 0.0335 e. The molecule has 2 atom stereocenters. The van der Waals surface area contributed by atoms with Crippen LogP contribution in [0.25, 0.3) is 0 Å². The maximum Gasteiger partial charge on any atom is 0.0335 e. The van der Waals surface area contributed by atoms with E-state index in [9.17, 15) is 0 Å². The fraction of sp³-hybridized carbons (Fsp3) is 1.00. The number of nitrogens with one attached hydrogen (secondary N) is 1. The van der Waals surface area contributed by atoms with Crippen LogP contribution in [0.4, 0.5) is 0 Å². The summed E-state index contributed by atoms with van der Waals surface area (Å²) in [5, 5.41) is 3.86. The fourth-order valence-electron chi connectivity index (χ4n) is 3.55. The van der Waals surface area contributed by atoms with Crippen LogP contribution in [0.15, 0.2) is 0 Å². The third kappa shape index (κ3) is 2.73. The van der Waals surface area contributed by atoms with Gasteiger partial charge in [-0.05, 0) is 50.2 Å². The van der Waals surface area contributed by atoms with Gasteiger partial charge in [-0.25, -0.2) is 0 Å². The Hall–Kier alpha value is 0.270. The van der Waals surface area contributed by atoms with E-state index in [1.54, 1.807) is 0 Å². The van der Waals surface area contributed by atoms with Crippen LogP contribution >= 0.6 is 11.8 Å². The molecule has 3 aliphatic rings. The van der Waals surface area contributed by atoms with Crippen molar-refractivity contribution in [2.45, 2.75) is 51.1 Å². The van der Waals surface area contributed by atoms with Gasteiger partial charge < -0.3 is 5.32 Å². The maximum atomic E-state index is 3.86. The standard InChI is InChI=1S/C15H28N2S/c1-3-18-9-8-17-10-14(12-4-5-12)16-11-15(17,2)13-6-7-13/h12-14,16H,3-11H2,1-2H3. The van der Waals surface area contributed by atoms with Crippen molar-refractivity contribution in [3.8, 4) is 0 Å². The minimum Gasteiger partial charge on any atom is -0.311 e. The van der Waals surface area contributed by atoms with Gasteiger partial charge in [0.1, 0.15) is 0 Å². The van der Waals surface area contributed by atoms with Crippen LogP contribution < -0.4 is 5.32 Å². The molecule has 3 rings (SSSR count). The Balaban J connectivity index is 1.61. The van der Waals surface area contributed by atoms with E-state index < -0.39 is 0 Å². The van der Waals surface area contributed by atoms with E-state index in [0.717, 1.165) is 17.9 Å². The highest BCUT2D eigenvalue weighted by atomic mass is 32.2. The van der Waals surface area contributed by atoms with E-state index in [1.165, 1.54) is 56.8 Å². The first-order chi connectivity index (χ1) is 8.74. The van der Waals surface area contributed by atoms with Crippen molar-refractivity contribution >= 4 is 11.8 Å². The van der Waals surface area contributed by atoms with Gasteiger partial charge >= 0.3 is 0 Å². The van der Waals surface area contributed by atoms with E-state index in [1.807, 2.05) is 0 Å². The number of thioether (sulfide) groups is 1. The zero-order valence-corrected chi connectivity index (χ0v) is 12.8. The molecule has 0 bridgehead atoms. The molecule has 104 valence electrons. The van der Waals surface area contributed by atoms with Crippen LogP contribution in [0.5, 0.6) is 0 Å². The average Bonchev–Trinajstić information content (AvgIpc) is 3.22. The molecule has 0 aromatic carbocycles. The van der Waals surface area contributed by atoms with E-state index >= 15 is 0 Å². The molecule has 2 nitrogen and oxygen atoms in total. The van der Waals surface area contributed by atoms with Gasteiger partial charge in [0.2, 0.25) is 0 Å². The van der Waals surface area contributed by atoms with Crippen LogP contribution in [-0.2, 0) is 0 Å². The summed E-state index contributed by atoms with van der Waals surface area (Å²) in [5.74, 6) is 4.54. The molecule has 0 amide bonds. The molecule has 3 heteroatoms. The average molecular weight is 268 g/mol. The minimum absolute atomic E-state index is 0.458. The normalized spacial score (nSPS) is 38.0. The Labute approximate surface area is 116 Å². The van der Waals surface area contributed by atoms with Crippen LogP contribution in [0.2, 0.25) is 0 Å². The number of piperazine rings is 1. The first-order valence-corrected chi connectivity index (χ1v) is 8.95. The van der Waals surface area contributed by atoms with Crippen LogP contribution in [-0.4, -0.2) is 47.6 Å². The van der Waals surface area contributed by atoms with Gasteiger partial charge in [-0.15, -0.1) is 0 Å². The molecule has 2 unspecified atom stereocenters.